The number of hydrogen-bond donors (Lipinski definition) is 1. The molecule has 0 aliphatic rings. The van der Waals surface area contributed by atoms with Crippen LogP contribution in [0.15, 0.2) is 41.1 Å². The summed E-state index contributed by atoms with van der Waals surface area (Å²) >= 11 is 3.45. The standard InChI is InChI=1S/C14H12BrN3/c1-10-8-17-5-4-12(10)9-18-14-3-2-11(7-16)6-13(14)15/h2-6,8,18H,9H2,1H3. The molecule has 0 saturated heterocycles. The van der Waals surface area contributed by atoms with Gasteiger partial charge in [0.05, 0.1) is 11.6 Å². The van der Waals surface area contributed by atoms with E-state index in [4.69, 9.17) is 5.26 Å². The maximum Gasteiger partial charge on any atom is 0.0992 e. The quantitative estimate of drug-likeness (QED) is 0.941. The molecule has 0 fully saturated rings. The number of pyridine rings is 1. The van der Waals surface area contributed by atoms with Gasteiger partial charge in [-0.15, -0.1) is 0 Å². The second kappa shape index (κ2) is 5.65. The fraction of sp³-hybridized carbons (Fsp3) is 0.143. The molecule has 0 atom stereocenters. The molecule has 90 valence electrons. The van der Waals surface area contributed by atoms with E-state index in [2.05, 4.69) is 32.3 Å². The summed E-state index contributed by atoms with van der Waals surface area (Å²) in [6.07, 6.45) is 3.64. The van der Waals surface area contributed by atoms with Crippen LogP contribution in [0.1, 0.15) is 16.7 Å². The number of rotatable bonds is 3. The highest BCUT2D eigenvalue weighted by Gasteiger charge is 2.02. The summed E-state index contributed by atoms with van der Waals surface area (Å²) in [5.74, 6) is 0. The van der Waals surface area contributed by atoms with E-state index in [-0.39, 0.29) is 0 Å². The van der Waals surface area contributed by atoms with Crippen molar-refractivity contribution in [1.82, 2.24) is 4.98 Å². The number of nitriles is 1. The van der Waals surface area contributed by atoms with Crippen LogP contribution in [0.25, 0.3) is 0 Å². The number of nitrogens with zero attached hydrogens (tertiary/aromatic N) is 2. The largest absolute Gasteiger partial charge is 0.380 e. The molecule has 0 bridgehead atoms. The van der Waals surface area contributed by atoms with E-state index in [9.17, 15) is 0 Å². The SMILES string of the molecule is Cc1cnccc1CNc1ccc(C#N)cc1Br. The molecule has 0 unspecified atom stereocenters. The molecule has 2 aromatic rings. The predicted molar refractivity (Wildman–Crippen MR) is 75.2 cm³/mol. The molecule has 0 aliphatic heterocycles. The fourth-order valence-corrected chi connectivity index (χ4v) is 2.14. The van der Waals surface area contributed by atoms with Crippen molar-refractivity contribution in [2.75, 3.05) is 5.32 Å². The Hall–Kier alpha value is -1.86. The topological polar surface area (TPSA) is 48.7 Å². The average Bonchev–Trinajstić information content (AvgIpc) is 2.39. The number of aromatic nitrogens is 1. The van der Waals surface area contributed by atoms with Gasteiger partial charge in [0.2, 0.25) is 0 Å². The molecular formula is C14H12BrN3. The number of nitrogens with one attached hydrogen (secondary N) is 1. The molecule has 1 aromatic carbocycles. The maximum absolute atomic E-state index is 8.80. The highest BCUT2D eigenvalue weighted by Crippen LogP contribution is 2.24. The molecule has 3 nitrogen and oxygen atoms in total. The fourth-order valence-electron chi connectivity index (χ4n) is 1.62. The van der Waals surface area contributed by atoms with Crippen LogP contribution in [-0.2, 0) is 6.54 Å². The number of anilines is 1. The highest BCUT2D eigenvalue weighted by molar-refractivity contribution is 9.10. The minimum Gasteiger partial charge on any atom is -0.380 e. The van der Waals surface area contributed by atoms with E-state index in [1.807, 2.05) is 31.3 Å². The van der Waals surface area contributed by atoms with Gasteiger partial charge in [-0.25, -0.2) is 0 Å². The highest BCUT2D eigenvalue weighted by atomic mass is 79.9. The van der Waals surface area contributed by atoms with Crippen LogP contribution in [0.3, 0.4) is 0 Å². The number of hydrogen-bond acceptors (Lipinski definition) is 3. The maximum atomic E-state index is 8.80. The van der Waals surface area contributed by atoms with Gasteiger partial charge in [-0.3, -0.25) is 4.98 Å². The molecular weight excluding hydrogens is 290 g/mol. The minimum absolute atomic E-state index is 0.646. The molecule has 0 aliphatic carbocycles. The van der Waals surface area contributed by atoms with Gasteiger partial charge in [-0.1, -0.05) is 0 Å². The van der Waals surface area contributed by atoms with Gasteiger partial charge in [0.1, 0.15) is 0 Å². The summed E-state index contributed by atoms with van der Waals surface area (Å²) in [5.41, 5.74) is 3.99. The van der Waals surface area contributed by atoms with Gasteiger partial charge in [0.15, 0.2) is 0 Å². The van der Waals surface area contributed by atoms with Crippen LogP contribution in [0, 0.1) is 18.3 Å². The minimum atomic E-state index is 0.646. The lowest BCUT2D eigenvalue weighted by molar-refractivity contribution is 1.09. The van der Waals surface area contributed by atoms with Gasteiger partial charge in [0, 0.05) is 29.1 Å². The van der Waals surface area contributed by atoms with Crippen LogP contribution < -0.4 is 5.32 Å². The first kappa shape index (κ1) is 12.6. The Bertz CT molecular complexity index is 602. The predicted octanol–water partition coefficient (Wildman–Crippen LogP) is 3.64. The zero-order valence-corrected chi connectivity index (χ0v) is 11.5. The van der Waals surface area contributed by atoms with Crippen molar-refractivity contribution < 1.29 is 0 Å². The Balaban J connectivity index is 2.12. The van der Waals surface area contributed by atoms with Gasteiger partial charge < -0.3 is 5.32 Å². The van der Waals surface area contributed by atoms with Crippen LogP contribution in [0.2, 0.25) is 0 Å². The van der Waals surface area contributed by atoms with Gasteiger partial charge in [0.25, 0.3) is 0 Å². The zero-order valence-electron chi connectivity index (χ0n) is 9.94. The summed E-state index contributed by atoms with van der Waals surface area (Å²) in [5, 5.41) is 12.1. The van der Waals surface area contributed by atoms with Crippen LogP contribution in [0.4, 0.5) is 5.69 Å². The Labute approximate surface area is 115 Å². The van der Waals surface area contributed by atoms with E-state index < -0.39 is 0 Å². The summed E-state index contributed by atoms with van der Waals surface area (Å²) in [6, 6.07) is 9.62. The van der Waals surface area contributed by atoms with Crippen LogP contribution in [-0.4, -0.2) is 4.98 Å². The second-order valence-electron chi connectivity index (χ2n) is 3.96. The monoisotopic (exact) mass is 301 g/mol. The Kier molecular flexibility index (Phi) is 3.96. The summed E-state index contributed by atoms with van der Waals surface area (Å²) in [7, 11) is 0. The van der Waals surface area contributed by atoms with Crippen molar-refractivity contribution in [1.29, 1.82) is 5.26 Å². The Morgan fingerprint density at radius 3 is 2.89 bits per heavy atom. The molecule has 1 N–H and O–H groups in total. The molecule has 0 amide bonds. The van der Waals surface area contributed by atoms with Crippen molar-refractivity contribution in [2.45, 2.75) is 13.5 Å². The normalized spacial score (nSPS) is 9.83. The van der Waals surface area contributed by atoms with E-state index in [1.54, 1.807) is 12.3 Å². The van der Waals surface area contributed by atoms with E-state index in [0.29, 0.717) is 5.56 Å². The molecule has 2 rings (SSSR count). The van der Waals surface area contributed by atoms with Crippen molar-refractivity contribution in [3.63, 3.8) is 0 Å². The number of aryl methyl sites for hydroxylation is 1. The van der Waals surface area contributed by atoms with Crippen molar-refractivity contribution in [2.24, 2.45) is 0 Å². The first-order valence-corrected chi connectivity index (χ1v) is 6.33. The smallest absolute Gasteiger partial charge is 0.0992 e. The van der Waals surface area contributed by atoms with E-state index in [0.717, 1.165) is 22.3 Å². The molecule has 18 heavy (non-hydrogen) atoms. The van der Waals surface area contributed by atoms with Crippen LogP contribution in [0.5, 0.6) is 0 Å². The van der Waals surface area contributed by atoms with E-state index in [1.165, 1.54) is 5.56 Å². The van der Waals surface area contributed by atoms with Crippen LogP contribution >= 0.6 is 15.9 Å². The second-order valence-corrected chi connectivity index (χ2v) is 4.82. The number of halogens is 1. The van der Waals surface area contributed by atoms with Crippen molar-refractivity contribution >= 4 is 21.6 Å². The Morgan fingerprint density at radius 1 is 1.39 bits per heavy atom. The number of benzene rings is 1. The lowest BCUT2D eigenvalue weighted by atomic mass is 10.1. The summed E-state index contributed by atoms with van der Waals surface area (Å²) in [6.45, 7) is 2.77. The summed E-state index contributed by atoms with van der Waals surface area (Å²) in [4.78, 5) is 4.07. The molecule has 0 saturated carbocycles. The van der Waals surface area contributed by atoms with Gasteiger partial charge in [-0.2, -0.15) is 5.26 Å². The lowest BCUT2D eigenvalue weighted by Gasteiger charge is -2.10. The lowest BCUT2D eigenvalue weighted by Crippen LogP contribution is -2.02. The third-order valence-corrected chi connectivity index (χ3v) is 3.36. The third-order valence-electron chi connectivity index (χ3n) is 2.70. The first-order valence-electron chi connectivity index (χ1n) is 5.53. The molecule has 0 spiro atoms. The average molecular weight is 302 g/mol. The third kappa shape index (κ3) is 2.88. The van der Waals surface area contributed by atoms with Crippen molar-refractivity contribution in [3.05, 3.63) is 57.8 Å². The zero-order chi connectivity index (χ0) is 13.0. The first-order chi connectivity index (χ1) is 8.70. The summed E-state index contributed by atoms with van der Waals surface area (Å²) < 4.78 is 0.897. The van der Waals surface area contributed by atoms with E-state index >= 15 is 0 Å². The Morgan fingerprint density at radius 2 is 2.22 bits per heavy atom. The molecule has 4 heteroatoms. The van der Waals surface area contributed by atoms with Gasteiger partial charge in [-0.05, 0) is 58.2 Å². The molecule has 0 radical (unpaired) electrons. The molecule has 1 aromatic heterocycles. The van der Waals surface area contributed by atoms with Crippen molar-refractivity contribution in [3.8, 4) is 6.07 Å². The molecule has 1 heterocycles. The van der Waals surface area contributed by atoms with Gasteiger partial charge >= 0.3 is 0 Å².